The van der Waals surface area contributed by atoms with Crippen LogP contribution < -0.4 is 5.32 Å². The van der Waals surface area contributed by atoms with Gasteiger partial charge in [-0.1, -0.05) is 117 Å². The Bertz CT molecular complexity index is 1900. The minimum Gasteiger partial charge on any atom is -0.726 e. The van der Waals surface area contributed by atoms with Crippen molar-refractivity contribution in [3.05, 3.63) is 23.3 Å². The van der Waals surface area contributed by atoms with Crippen LogP contribution in [0.25, 0.3) is 0 Å². The van der Waals surface area contributed by atoms with Crippen LogP contribution in [-0.2, 0) is 59.8 Å². The van der Waals surface area contributed by atoms with E-state index in [4.69, 9.17) is 4.18 Å². The number of nitrogens with zero attached hydrogens (tertiary/aromatic N) is 1. The molecule has 2 aliphatic heterocycles. The smallest absolute Gasteiger partial charge is 0.245 e. The zero-order valence-corrected chi connectivity index (χ0v) is 39.2. The highest BCUT2D eigenvalue weighted by Gasteiger charge is 2.41. The topological polar surface area (TPSA) is 289 Å². The maximum Gasteiger partial charge on any atom is 0.245 e. The maximum absolute atomic E-state index is 13.2. The number of aromatic hydroxyl groups is 2. The third kappa shape index (κ3) is 21.9. The number of hydrogen-bond donors (Lipinski definition) is 3. The van der Waals surface area contributed by atoms with Gasteiger partial charge in [0.2, 0.25) is 43.0 Å². The first-order chi connectivity index (χ1) is 29.7. The van der Waals surface area contributed by atoms with Gasteiger partial charge in [0.05, 0.1) is 12.1 Å². The molecule has 3 rings (SSSR count). The van der Waals surface area contributed by atoms with E-state index in [0.717, 1.165) is 89.0 Å². The molecule has 1 aromatic rings. The molecule has 0 spiro atoms. The van der Waals surface area contributed by atoms with Gasteiger partial charge in [-0.2, -0.15) is 0 Å². The summed E-state index contributed by atoms with van der Waals surface area (Å²) in [5.74, 6) is -0.614. The molecule has 1 saturated heterocycles. The van der Waals surface area contributed by atoms with Gasteiger partial charge in [-0.25, -0.2) is 25.3 Å². The number of carbonyl (C=O) groups is 2. The van der Waals surface area contributed by atoms with Gasteiger partial charge in [-0.05, 0) is 68.9 Å². The Morgan fingerprint density at radius 2 is 1.27 bits per heavy atom. The van der Waals surface area contributed by atoms with Gasteiger partial charge in [-0.3, -0.25) is 22.1 Å². The van der Waals surface area contributed by atoms with Crippen molar-refractivity contribution in [3.8, 4) is 11.5 Å². The van der Waals surface area contributed by atoms with Crippen molar-refractivity contribution in [2.75, 3.05) is 6.54 Å². The molecule has 1 fully saturated rings. The molecule has 0 saturated carbocycles. The number of amides is 2. The average molecular weight is 954 g/mol. The molecule has 0 radical (unpaired) electrons. The number of fused-ring (bicyclic) bond motifs is 3. The van der Waals surface area contributed by atoms with Gasteiger partial charge in [0.15, 0.2) is 0 Å². The van der Waals surface area contributed by atoms with E-state index in [1.54, 1.807) is 17.9 Å². The second-order valence-electron chi connectivity index (χ2n) is 17.3. The highest BCUT2D eigenvalue weighted by atomic mass is 32.3. The van der Waals surface area contributed by atoms with Crippen molar-refractivity contribution in [1.82, 2.24) is 10.2 Å². The predicted molar refractivity (Wildman–Crippen MR) is 229 cm³/mol. The molecule has 63 heavy (non-hydrogen) atoms. The molecule has 21 heteroatoms. The minimum absolute atomic E-state index is 0.0113. The van der Waals surface area contributed by atoms with E-state index in [1.807, 2.05) is 0 Å². The van der Waals surface area contributed by atoms with Gasteiger partial charge in [0, 0.05) is 24.6 Å². The van der Waals surface area contributed by atoms with Crippen molar-refractivity contribution < 1.29 is 71.3 Å². The van der Waals surface area contributed by atoms with E-state index in [2.05, 4.69) is 20.6 Å². The molecule has 2 aliphatic rings. The van der Waals surface area contributed by atoms with Gasteiger partial charge in [0.25, 0.3) is 0 Å². The zero-order valence-electron chi connectivity index (χ0n) is 36.8. The van der Waals surface area contributed by atoms with Crippen LogP contribution in [0.3, 0.4) is 0 Å². The Labute approximate surface area is 375 Å². The van der Waals surface area contributed by atoms with E-state index in [9.17, 15) is 58.7 Å². The summed E-state index contributed by atoms with van der Waals surface area (Å²) in [5.41, 5.74) is 1.50. The van der Waals surface area contributed by atoms with E-state index in [0.29, 0.717) is 63.5 Å². The molecule has 3 N–H and O–H groups in total. The third-order valence-electron chi connectivity index (χ3n) is 12.0. The summed E-state index contributed by atoms with van der Waals surface area (Å²) in [6.45, 7) is 4.31. The van der Waals surface area contributed by atoms with Crippen LogP contribution in [0.15, 0.2) is 12.1 Å². The van der Waals surface area contributed by atoms with E-state index < -0.39 is 62.0 Å². The lowest BCUT2D eigenvalue weighted by molar-refractivity contribution is -0.142. The summed E-state index contributed by atoms with van der Waals surface area (Å²) in [4.78, 5) is 27.6. The first-order valence-corrected chi connectivity index (χ1v) is 26.7. The summed E-state index contributed by atoms with van der Waals surface area (Å²) in [6.07, 6.45) is 11.2. The van der Waals surface area contributed by atoms with Crippen molar-refractivity contribution in [1.29, 1.82) is 0 Å². The standard InChI is InChI=1S/C42H72N2O16S3/c1-3-4-5-6-13-16-19-31(2)28-39(60-63(55,56)57)38(59-62(52,53)54)25-22-34(58-61(49,50)51)20-17-14-11-9-7-8-10-12-15-18-21-40(47)43-35-23-24-36-41-32(26-27-44(36)42(35)48)29-33(45)30-37(41)46/h29-31,34-36,38-39,45-46H,3-28H2,1-2H3,(H,43,47)(H,49,50,51)(H,52,53,54)(H,55,56,57)/p-3/t31-,34-,35-,36+,38-,39-/m0/s1. The van der Waals surface area contributed by atoms with Gasteiger partial charge >= 0.3 is 0 Å². The summed E-state index contributed by atoms with van der Waals surface area (Å²) in [5, 5.41) is 23.2. The van der Waals surface area contributed by atoms with E-state index >= 15 is 0 Å². The average Bonchev–Trinajstić information content (AvgIpc) is 3.17. The van der Waals surface area contributed by atoms with Crippen LogP contribution in [0.4, 0.5) is 0 Å². The SMILES string of the molecule is CCCCCCCC[C@H](C)C[C@H](OS(=O)(=O)[O-])[C@H](CC[C@H](CCCCCCCCCCCCC(=O)N[C@H]1CC[C@@H]2c3c(O)cc(O)cc3CCN2C1=O)OS(=O)(=O)[O-])OS(=O)(=O)[O-]. The lowest BCUT2D eigenvalue weighted by Gasteiger charge is -2.43. The number of phenols is 2. The van der Waals surface area contributed by atoms with E-state index in [-0.39, 0.29) is 54.5 Å². The van der Waals surface area contributed by atoms with Crippen molar-refractivity contribution in [2.24, 2.45) is 5.92 Å². The number of piperidine rings is 1. The highest BCUT2D eigenvalue weighted by Crippen LogP contribution is 2.43. The Balaban J connectivity index is 1.34. The minimum atomic E-state index is -5.42. The molecule has 6 atom stereocenters. The fourth-order valence-electron chi connectivity index (χ4n) is 8.91. The van der Waals surface area contributed by atoms with Crippen molar-refractivity contribution in [3.63, 3.8) is 0 Å². The van der Waals surface area contributed by atoms with Crippen LogP contribution in [0.1, 0.15) is 185 Å². The molecular weight excluding hydrogens is 885 g/mol. The first kappa shape index (κ1) is 54.7. The molecule has 2 heterocycles. The first-order valence-electron chi connectivity index (χ1n) is 22.7. The summed E-state index contributed by atoms with van der Waals surface area (Å²) in [6, 6.07) is 2.03. The largest absolute Gasteiger partial charge is 0.726 e. The number of nitrogens with one attached hydrogen (secondary N) is 1. The number of unbranched alkanes of at least 4 members (excludes halogenated alkanes) is 14. The number of phenolic OH excluding ortho intramolecular Hbond substituents is 2. The van der Waals surface area contributed by atoms with Crippen molar-refractivity contribution in [2.45, 2.75) is 205 Å². The number of benzene rings is 1. The normalized spacial score (nSPS) is 18.9. The maximum atomic E-state index is 13.2. The van der Waals surface area contributed by atoms with Gasteiger partial charge < -0.3 is 34.1 Å². The van der Waals surface area contributed by atoms with Crippen LogP contribution in [0, 0.1) is 5.92 Å². The zero-order chi connectivity index (χ0) is 46.6. The molecule has 2 amide bonds. The Morgan fingerprint density at radius 1 is 0.730 bits per heavy atom. The molecule has 1 aromatic carbocycles. The fraction of sp³-hybridized carbons (Fsp3) is 0.810. The second kappa shape index (κ2) is 27.1. The monoisotopic (exact) mass is 953 g/mol. The summed E-state index contributed by atoms with van der Waals surface area (Å²) in [7, 11) is -16.0. The lowest BCUT2D eigenvalue weighted by Crippen LogP contribution is -2.54. The Kier molecular flexibility index (Phi) is 23.5. The van der Waals surface area contributed by atoms with Crippen LogP contribution in [0.5, 0.6) is 11.5 Å². The fourth-order valence-corrected chi connectivity index (χ4v) is 10.5. The highest BCUT2D eigenvalue weighted by molar-refractivity contribution is 7.81. The molecule has 0 bridgehead atoms. The quantitative estimate of drug-likeness (QED) is 0.0381. The van der Waals surface area contributed by atoms with E-state index in [1.165, 1.54) is 6.07 Å². The summed E-state index contributed by atoms with van der Waals surface area (Å²) >= 11 is 0. The Morgan fingerprint density at radius 3 is 1.86 bits per heavy atom. The van der Waals surface area contributed by atoms with Gasteiger partial charge in [-0.15, -0.1) is 0 Å². The molecule has 18 nitrogen and oxygen atoms in total. The number of rotatable bonds is 33. The van der Waals surface area contributed by atoms with Gasteiger partial charge in [0.1, 0.15) is 29.7 Å². The molecule has 0 aromatic heterocycles. The van der Waals surface area contributed by atoms with Crippen LogP contribution in [0.2, 0.25) is 0 Å². The van der Waals surface area contributed by atoms with Crippen LogP contribution in [-0.4, -0.2) is 96.7 Å². The molecular formula is C42H69N2O16S3-3. The number of hydrogen-bond acceptors (Lipinski definition) is 16. The Hall–Kier alpha value is -2.63. The molecule has 0 aliphatic carbocycles. The van der Waals surface area contributed by atoms with Crippen molar-refractivity contribution >= 4 is 43.0 Å². The summed E-state index contributed by atoms with van der Waals surface area (Å²) < 4.78 is 118. The second-order valence-corrected chi connectivity index (χ2v) is 20.3. The predicted octanol–water partition coefficient (Wildman–Crippen LogP) is 6.58. The molecule has 0 unspecified atom stereocenters. The lowest BCUT2D eigenvalue weighted by atomic mass is 9.84. The van der Waals surface area contributed by atoms with Crippen LogP contribution >= 0.6 is 0 Å². The third-order valence-corrected chi connectivity index (χ3v) is 13.5. The molecule has 364 valence electrons. The number of carbonyl (C=O) groups excluding carboxylic acids is 2.